The number of urea groups is 1. The Kier molecular flexibility index (Phi) is 8.79. The third-order valence-electron chi connectivity index (χ3n) is 7.49. The van der Waals surface area contributed by atoms with Crippen molar-refractivity contribution in [3.05, 3.63) is 89.6 Å². The van der Waals surface area contributed by atoms with Crippen LogP contribution in [0, 0.1) is 0 Å². The Morgan fingerprint density at radius 3 is 2.28 bits per heavy atom. The van der Waals surface area contributed by atoms with Gasteiger partial charge in [0.05, 0.1) is 19.8 Å². The van der Waals surface area contributed by atoms with E-state index in [-0.39, 0.29) is 25.0 Å². The van der Waals surface area contributed by atoms with E-state index in [0.29, 0.717) is 35.7 Å². The van der Waals surface area contributed by atoms with Crippen LogP contribution < -0.4 is 14.8 Å². The number of ether oxygens (including phenoxy) is 2. The van der Waals surface area contributed by atoms with Crippen molar-refractivity contribution >= 4 is 28.5 Å². The molecule has 1 saturated carbocycles. The Bertz CT molecular complexity index is 1560. The molecule has 3 aromatic carbocycles. The molecule has 3 amide bonds. The van der Waals surface area contributed by atoms with Crippen LogP contribution >= 0.6 is 0 Å². The van der Waals surface area contributed by atoms with Gasteiger partial charge in [-0.15, -0.1) is 0 Å². The molecule has 5 rings (SSSR count). The summed E-state index contributed by atoms with van der Waals surface area (Å²) in [6.45, 7) is 0.244. The van der Waals surface area contributed by atoms with Gasteiger partial charge in [0.2, 0.25) is 5.91 Å². The number of amides is 3. The van der Waals surface area contributed by atoms with Gasteiger partial charge in [0.1, 0.15) is 18.0 Å². The number of aromatic nitrogens is 1. The lowest BCUT2D eigenvalue weighted by atomic mass is 10.1. The van der Waals surface area contributed by atoms with Gasteiger partial charge in [0.25, 0.3) is 0 Å². The van der Waals surface area contributed by atoms with E-state index in [1.807, 2.05) is 30.5 Å². The van der Waals surface area contributed by atoms with Crippen molar-refractivity contribution in [1.82, 2.24) is 14.8 Å². The van der Waals surface area contributed by atoms with Crippen LogP contribution in [-0.4, -0.2) is 60.1 Å². The summed E-state index contributed by atoms with van der Waals surface area (Å²) < 4.78 is 50.0. The highest BCUT2D eigenvalue weighted by atomic mass is 19.4. The smallest absolute Gasteiger partial charge is 0.416 e. The second kappa shape index (κ2) is 12.7. The first kappa shape index (κ1) is 29.8. The van der Waals surface area contributed by atoms with Gasteiger partial charge in [-0.25, -0.2) is 4.79 Å². The van der Waals surface area contributed by atoms with Crippen LogP contribution in [0.4, 0.5) is 23.7 Å². The molecule has 0 saturated heterocycles. The number of aromatic amines is 1. The molecule has 1 aliphatic carbocycles. The number of nitrogens with one attached hydrogen (secondary N) is 2. The summed E-state index contributed by atoms with van der Waals surface area (Å²) in [6, 6.07) is 17.1. The predicted octanol–water partition coefficient (Wildman–Crippen LogP) is 6.47. The van der Waals surface area contributed by atoms with E-state index < -0.39 is 17.8 Å². The molecule has 0 aliphatic heterocycles. The van der Waals surface area contributed by atoms with Crippen LogP contribution in [0.2, 0.25) is 0 Å². The number of benzene rings is 3. The minimum absolute atomic E-state index is 0.0852. The number of hydrogen-bond donors (Lipinski definition) is 2. The minimum atomic E-state index is -4.45. The van der Waals surface area contributed by atoms with Crippen molar-refractivity contribution in [3.8, 4) is 11.5 Å². The number of methoxy groups -OCH3 is 2. The summed E-state index contributed by atoms with van der Waals surface area (Å²) in [5.74, 6) is 0.706. The zero-order valence-corrected chi connectivity index (χ0v) is 23.9. The normalized spacial score (nSPS) is 13.0. The quantitative estimate of drug-likeness (QED) is 0.208. The highest BCUT2D eigenvalue weighted by Crippen LogP contribution is 2.31. The van der Waals surface area contributed by atoms with Gasteiger partial charge in [0, 0.05) is 60.1 Å². The molecule has 0 bridgehead atoms. The monoisotopic (exact) mass is 594 g/mol. The van der Waals surface area contributed by atoms with E-state index >= 15 is 0 Å². The van der Waals surface area contributed by atoms with Crippen molar-refractivity contribution < 1.29 is 32.2 Å². The SMILES string of the molecule is COc1cc(NC(=O)N(CC(=O)N(CCc2c[nH]c3ccccc23)Cc2ccc(C(F)(F)F)cc2)C2CC2)cc(OC)c1. The first-order valence-corrected chi connectivity index (χ1v) is 13.9. The molecule has 8 nitrogen and oxygen atoms in total. The molecule has 2 N–H and O–H groups in total. The predicted molar refractivity (Wildman–Crippen MR) is 157 cm³/mol. The molecular weight excluding hydrogens is 561 g/mol. The number of rotatable bonds is 11. The maximum atomic E-state index is 13.8. The van der Waals surface area contributed by atoms with Gasteiger partial charge in [0.15, 0.2) is 0 Å². The maximum absolute atomic E-state index is 13.8. The molecule has 43 heavy (non-hydrogen) atoms. The van der Waals surface area contributed by atoms with Crippen molar-refractivity contribution in [3.63, 3.8) is 0 Å². The number of alkyl halides is 3. The van der Waals surface area contributed by atoms with Crippen LogP contribution in [-0.2, 0) is 23.9 Å². The first-order valence-electron chi connectivity index (χ1n) is 13.9. The number of nitrogens with zero attached hydrogens (tertiary/aromatic N) is 2. The van der Waals surface area contributed by atoms with E-state index in [2.05, 4.69) is 10.3 Å². The van der Waals surface area contributed by atoms with Gasteiger partial charge >= 0.3 is 12.2 Å². The highest BCUT2D eigenvalue weighted by molar-refractivity contribution is 5.93. The molecule has 0 spiro atoms. The molecule has 0 radical (unpaired) electrons. The summed E-state index contributed by atoms with van der Waals surface area (Å²) >= 11 is 0. The van der Waals surface area contributed by atoms with E-state index in [4.69, 9.17) is 9.47 Å². The highest BCUT2D eigenvalue weighted by Gasteiger charge is 2.35. The van der Waals surface area contributed by atoms with Crippen LogP contribution in [0.5, 0.6) is 11.5 Å². The first-order chi connectivity index (χ1) is 20.6. The van der Waals surface area contributed by atoms with Gasteiger partial charge < -0.3 is 29.6 Å². The minimum Gasteiger partial charge on any atom is -0.497 e. The molecule has 226 valence electrons. The zero-order valence-electron chi connectivity index (χ0n) is 23.9. The van der Waals surface area contributed by atoms with Crippen molar-refractivity contribution in [2.24, 2.45) is 0 Å². The average Bonchev–Trinajstić information content (AvgIpc) is 3.76. The third-order valence-corrected chi connectivity index (χ3v) is 7.49. The van der Waals surface area contributed by atoms with Gasteiger partial charge in [-0.05, 0) is 48.6 Å². The largest absolute Gasteiger partial charge is 0.497 e. The molecule has 0 unspecified atom stereocenters. The van der Waals surface area contributed by atoms with Gasteiger partial charge in [-0.2, -0.15) is 13.2 Å². The number of H-pyrrole nitrogens is 1. The fourth-order valence-electron chi connectivity index (χ4n) is 4.98. The Labute approximate surface area is 247 Å². The molecule has 11 heteroatoms. The summed E-state index contributed by atoms with van der Waals surface area (Å²) in [4.78, 5) is 33.5. The van der Waals surface area contributed by atoms with Crippen molar-refractivity contribution in [2.45, 2.75) is 38.0 Å². The summed E-state index contributed by atoms with van der Waals surface area (Å²) in [5, 5.41) is 3.89. The lowest BCUT2D eigenvalue weighted by Crippen LogP contribution is -2.45. The fraction of sp³-hybridized carbons (Fsp3) is 0.312. The second-order valence-electron chi connectivity index (χ2n) is 10.5. The third kappa shape index (κ3) is 7.40. The van der Waals surface area contributed by atoms with E-state index in [1.54, 1.807) is 23.1 Å². The standard InChI is InChI=1S/C32H33F3N4O4/c1-42-26-15-24(16-27(17-26)43-2)37-31(41)39(25-11-12-25)20-30(40)38(19-21-7-9-23(10-8-21)32(33,34)35)14-13-22-18-36-29-6-4-3-5-28(22)29/h3-10,15-18,25,36H,11-14,19-20H2,1-2H3,(H,37,41). The van der Waals surface area contributed by atoms with Crippen molar-refractivity contribution in [1.29, 1.82) is 0 Å². The van der Waals surface area contributed by atoms with E-state index in [9.17, 15) is 22.8 Å². The second-order valence-corrected chi connectivity index (χ2v) is 10.5. The molecule has 4 aromatic rings. The number of carbonyl (C=O) groups excluding carboxylic acids is 2. The summed E-state index contributed by atoms with van der Waals surface area (Å²) in [7, 11) is 3.02. The number of carbonyl (C=O) groups is 2. The number of para-hydroxylation sites is 1. The molecule has 1 heterocycles. The Balaban J connectivity index is 1.34. The topological polar surface area (TPSA) is 86.9 Å². The number of fused-ring (bicyclic) bond motifs is 1. The molecule has 1 aliphatic rings. The fourth-order valence-corrected chi connectivity index (χ4v) is 4.98. The van der Waals surface area contributed by atoms with Crippen molar-refractivity contribution in [2.75, 3.05) is 32.6 Å². The van der Waals surface area contributed by atoms with E-state index in [1.165, 1.54) is 31.3 Å². The van der Waals surface area contributed by atoms with Crippen LogP contribution in [0.1, 0.15) is 29.5 Å². The summed E-state index contributed by atoms with van der Waals surface area (Å²) in [6.07, 6.45) is -0.478. The number of hydrogen-bond acceptors (Lipinski definition) is 4. The Morgan fingerprint density at radius 1 is 0.977 bits per heavy atom. The number of anilines is 1. The Hall–Kier alpha value is -4.67. The Morgan fingerprint density at radius 2 is 1.65 bits per heavy atom. The van der Waals surface area contributed by atoms with E-state index in [0.717, 1.165) is 41.4 Å². The maximum Gasteiger partial charge on any atom is 0.416 e. The average molecular weight is 595 g/mol. The summed E-state index contributed by atoms with van der Waals surface area (Å²) in [5.41, 5.74) is 2.26. The lowest BCUT2D eigenvalue weighted by Gasteiger charge is -2.28. The lowest BCUT2D eigenvalue weighted by molar-refractivity contribution is -0.137. The van der Waals surface area contributed by atoms with Crippen LogP contribution in [0.3, 0.4) is 0 Å². The van der Waals surface area contributed by atoms with Gasteiger partial charge in [-0.1, -0.05) is 30.3 Å². The van der Waals surface area contributed by atoms with Crippen LogP contribution in [0.25, 0.3) is 10.9 Å². The molecule has 1 fully saturated rings. The van der Waals surface area contributed by atoms with Crippen LogP contribution in [0.15, 0.2) is 72.9 Å². The molecule has 1 aromatic heterocycles. The zero-order chi connectivity index (χ0) is 30.6. The number of halogens is 3. The molecule has 0 atom stereocenters. The molecular formula is C32H33F3N4O4. The van der Waals surface area contributed by atoms with Gasteiger partial charge in [-0.3, -0.25) is 4.79 Å².